The number of hydrogen-bond donors (Lipinski definition) is 0. The standard InChI is InChI=1S/C18H21FN4O2/c1-11-15(12(2)25-21-11)10-23-14-6-5-13(18(23)24)8-22(9-14)17-16(19)4-3-7-20-17/h3-4,7,13-14H,5-6,8-10H2,1-2H3/t13-,14+/m1/s1. The van der Waals surface area contributed by atoms with Crippen LogP contribution in [0.3, 0.4) is 0 Å². The number of fused-ring (bicyclic) bond motifs is 4. The van der Waals surface area contributed by atoms with Crippen molar-refractivity contribution in [2.24, 2.45) is 5.92 Å². The average molecular weight is 344 g/mol. The summed E-state index contributed by atoms with van der Waals surface area (Å²) in [6, 6.07) is 3.04. The van der Waals surface area contributed by atoms with Crippen LogP contribution >= 0.6 is 0 Å². The first kappa shape index (κ1) is 16.1. The van der Waals surface area contributed by atoms with Crippen LogP contribution in [0.4, 0.5) is 10.2 Å². The predicted molar refractivity (Wildman–Crippen MR) is 89.4 cm³/mol. The summed E-state index contributed by atoms with van der Waals surface area (Å²) in [5.74, 6) is 0.758. The maximum Gasteiger partial charge on any atom is 0.228 e. The largest absolute Gasteiger partial charge is 0.361 e. The zero-order chi connectivity index (χ0) is 17.6. The number of aromatic nitrogens is 2. The van der Waals surface area contributed by atoms with Gasteiger partial charge in [0, 0.05) is 30.9 Å². The third kappa shape index (κ3) is 2.77. The molecule has 0 N–H and O–H groups in total. The summed E-state index contributed by atoms with van der Waals surface area (Å²) in [5.41, 5.74) is 1.79. The van der Waals surface area contributed by atoms with E-state index in [1.54, 1.807) is 12.3 Å². The molecule has 3 saturated heterocycles. The normalized spacial score (nSPS) is 23.2. The summed E-state index contributed by atoms with van der Waals surface area (Å²) in [6.45, 7) is 5.37. The second-order valence-corrected chi connectivity index (χ2v) is 6.91. The Balaban J connectivity index is 1.62. The molecule has 132 valence electrons. The fourth-order valence-corrected chi connectivity index (χ4v) is 3.93. The molecule has 0 radical (unpaired) electrons. The minimum atomic E-state index is -0.339. The number of amides is 1. The number of aryl methyl sites for hydroxylation is 2. The minimum absolute atomic E-state index is 0.0429. The van der Waals surface area contributed by atoms with Gasteiger partial charge in [0.25, 0.3) is 0 Å². The van der Waals surface area contributed by atoms with Gasteiger partial charge in [-0.15, -0.1) is 0 Å². The van der Waals surface area contributed by atoms with E-state index in [0.717, 1.165) is 29.9 Å². The lowest BCUT2D eigenvalue weighted by Crippen LogP contribution is -2.47. The van der Waals surface area contributed by atoms with E-state index < -0.39 is 0 Å². The van der Waals surface area contributed by atoms with Crippen molar-refractivity contribution in [3.63, 3.8) is 0 Å². The van der Waals surface area contributed by atoms with Crippen LogP contribution in [0.5, 0.6) is 0 Å². The summed E-state index contributed by atoms with van der Waals surface area (Å²) in [6.07, 6.45) is 3.35. The van der Waals surface area contributed by atoms with Crippen LogP contribution < -0.4 is 4.90 Å². The molecule has 3 aliphatic heterocycles. The molecule has 3 fully saturated rings. The molecule has 0 aliphatic carbocycles. The number of carbonyl (C=O) groups is 1. The van der Waals surface area contributed by atoms with E-state index in [0.29, 0.717) is 25.5 Å². The zero-order valence-corrected chi connectivity index (χ0v) is 14.4. The van der Waals surface area contributed by atoms with E-state index in [2.05, 4.69) is 10.1 Å². The summed E-state index contributed by atoms with van der Waals surface area (Å²) in [7, 11) is 0. The van der Waals surface area contributed by atoms with E-state index >= 15 is 0 Å². The monoisotopic (exact) mass is 344 g/mol. The van der Waals surface area contributed by atoms with Crippen LogP contribution in [0.1, 0.15) is 29.9 Å². The van der Waals surface area contributed by atoms with Gasteiger partial charge in [-0.2, -0.15) is 0 Å². The highest BCUT2D eigenvalue weighted by atomic mass is 19.1. The van der Waals surface area contributed by atoms with Gasteiger partial charge >= 0.3 is 0 Å². The number of hydrogen-bond acceptors (Lipinski definition) is 5. The molecular weight excluding hydrogens is 323 g/mol. The fourth-order valence-electron chi connectivity index (χ4n) is 3.93. The van der Waals surface area contributed by atoms with E-state index in [4.69, 9.17) is 4.52 Å². The molecule has 3 aliphatic rings. The lowest BCUT2D eigenvalue weighted by atomic mass is 9.93. The molecule has 7 heteroatoms. The molecule has 0 aromatic carbocycles. The van der Waals surface area contributed by atoms with Gasteiger partial charge < -0.3 is 14.3 Å². The molecule has 2 aromatic heterocycles. The quantitative estimate of drug-likeness (QED) is 0.856. The molecule has 1 amide bonds. The minimum Gasteiger partial charge on any atom is -0.361 e. The molecule has 2 bridgehead atoms. The van der Waals surface area contributed by atoms with E-state index in [-0.39, 0.29) is 23.7 Å². The maximum atomic E-state index is 14.2. The number of carbonyl (C=O) groups excluding carboxylic acids is 1. The van der Waals surface area contributed by atoms with Crippen LogP contribution in [-0.2, 0) is 11.3 Å². The van der Waals surface area contributed by atoms with E-state index in [9.17, 15) is 9.18 Å². The Morgan fingerprint density at radius 3 is 2.88 bits per heavy atom. The SMILES string of the molecule is Cc1noc(C)c1CN1C(=O)[C@@H]2CC[C@H]1CN(c1ncccc1F)C2. The van der Waals surface area contributed by atoms with Gasteiger partial charge in [0.05, 0.1) is 18.2 Å². The van der Waals surface area contributed by atoms with Crippen molar-refractivity contribution in [2.45, 2.75) is 39.3 Å². The van der Waals surface area contributed by atoms with Crippen molar-refractivity contribution in [1.29, 1.82) is 0 Å². The lowest BCUT2D eigenvalue weighted by molar-refractivity contribution is -0.140. The molecule has 2 aromatic rings. The van der Waals surface area contributed by atoms with E-state index in [1.807, 2.05) is 23.6 Å². The van der Waals surface area contributed by atoms with Crippen LogP contribution in [0.15, 0.2) is 22.9 Å². The molecular formula is C18H21FN4O2. The Bertz CT molecular complexity index is 787. The van der Waals surface area contributed by atoms with Crippen molar-refractivity contribution in [1.82, 2.24) is 15.0 Å². The van der Waals surface area contributed by atoms with Crippen LogP contribution in [0.2, 0.25) is 0 Å². The predicted octanol–water partition coefficient (Wildman–Crippen LogP) is 2.45. The molecule has 5 heterocycles. The van der Waals surface area contributed by atoms with Crippen molar-refractivity contribution in [3.05, 3.63) is 41.2 Å². The summed E-state index contributed by atoms with van der Waals surface area (Å²) in [5, 5.41) is 3.98. The van der Waals surface area contributed by atoms with Gasteiger partial charge in [-0.3, -0.25) is 4.79 Å². The first-order valence-electron chi connectivity index (χ1n) is 8.62. The number of pyridine rings is 1. The van der Waals surface area contributed by atoms with Crippen LogP contribution in [0.25, 0.3) is 0 Å². The molecule has 25 heavy (non-hydrogen) atoms. The Hall–Kier alpha value is -2.44. The summed E-state index contributed by atoms with van der Waals surface area (Å²) in [4.78, 5) is 21.0. The number of anilines is 1. The van der Waals surface area contributed by atoms with E-state index in [1.165, 1.54) is 6.07 Å². The Kier molecular flexibility index (Phi) is 3.94. The Labute approximate surface area is 145 Å². The van der Waals surface area contributed by atoms with Gasteiger partial charge in [-0.25, -0.2) is 9.37 Å². The topological polar surface area (TPSA) is 62.5 Å². The number of halogens is 1. The molecule has 6 nitrogen and oxygen atoms in total. The van der Waals surface area contributed by atoms with Crippen molar-refractivity contribution >= 4 is 11.7 Å². The number of nitrogens with zero attached hydrogens (tertiary/aromatic N) is 4. The molecule has 5 rings (SSSR count). The first-order chi connectivity index (χ1) is 12.0. The van der Waals surface area contributed by atoms with Gasteiger partial charge in [0.2, 0.25) is 5.91 Å². The van der Waals surface area contributed by atoms with Crippen LogP contribution in [-0.4, -0.2) is 40.1 Å². The molecule has 0 unspecified atom stereocenters. The first-order valence-corrected chi connectivity index (χ1v) is 8.62. The molecule has 0 spiro atoms. The summed E-state index contributed by atoms with van der Waals surface area (Å²) < 4.78 is 19.4. The van der Waals surface area contributed by atoms with Crippen molar-refractivity contribution in [3.8, 4) is 0 Å². The van der Waals surface area contributed by atoms with Gasteiger partial charge in [0.1, 0.15) is 5.76 Å². The maximum absolute atomic E-state index is 14.2. The zero-order valence-electron chi connectivity index (χ0n) is 14.4. The smallest absolute Gasteiger partial charge is 0.228 e. The number of piperidine rings is 1. The fraction of sp³-hybridized carbons (Fsp3) is 0.500. The lowest BCUT2D eigenvalue weighted by Gasteiger charge is -2.35. The second kappa shape index (κ2) is 6.13. The third-order valence-corrected chi connectivity index (χ3v) is 5.34. The summed E-state index contributed by atoms with van der Waals surface area (Å²) >= 11 is 0. The highest BCUT2D eigenvalue weighted by molar-refractivity contribution is 5.81. The second-order valence-electron chi connectivity index (χ2n) is 6.91. The average Bonchev–Trinajstić information content (AvgIpc) is 2.78. The van der Waals surface area contributed by atoms with Crippen molar-refractivity contribution < 1.29 is 13.7 Å². The van der Waals surface area contributed by atoms with Gasteiger partial charge in [0.15, 0.2) is 11.6 Å². The highest BCUT2D eigenvalue weighted by Crippen LogP contribution is 2.33. The van der Waals surface area contributed by atoms with Crippen molar-refractivity contribution in [2.75, 3.05) is 18.0 Å². The molecule has 2 atom stereocenters. The van der Waals surface area contributed by atoms with Gasteiger partial charge in [-0.05, 0) is 38.8 Å². The van der Waals surface area contributed by atoms with Gasteiger partial charge in [-0.1, -0.05) is 5.16 Å². The number of rotatable bonds is 3. The molecule has 0 saturated carbocycles. The Morgan fingerprint density at radius 2 is 2.16 bits per heavy atom. The van der Waals surface area contributed by atoms with Crippen LogP contribution in [0, 0.1) is 25.6 Å². The Morgan fingerprint density at radius 1 is 1.32 bits per heavy atom. The highest BCUT2D eigenvalue weighted by Gasteiger charge is 2.41. The third-order valence-electron chi connectivity index (χ3n) is 5.34.